The molecule has 1 aromatic rings. The monoisotopic (exact) mass is 314 g/mol. The maximum Gasteiger partial charge on any atom is 0.334 e. The van der Waals surface area contributed by atoms with Crippen LogP contribution in [0.3, 0.4) is 0 Å². The Hall–Kier alpha value is -1.62. The minimum Gasteiger partial charge on any atom is -0.497 e. The molecular formula is C14H19O6P. The van der Waals surface area contributed by atoms with Gasteiger partial charge >= 0.3 is 13.6 Å². The van der Waals surface area contributed by atoms with E-state index in [2.05, 4.69) is 4.74 Å². The van der Waals surface area contributed by atoms with Crippen molar-refractivity contribution in [2.24, 2.45) is 0 Å². The van der Waals surface area contributed by atoms with Gasteiger partial charge in [0, 0.05) is 20.3 Å². The lowest BCUT2D eigenvalue weighted by molar-refractivity contribution is -0.134. The molecule has 1 rings (SSSR count). The van der Waals surface area contributed by atoms with Gasteiger partial charge in [0.25, 0.3) is 0 Å². The molecule has 0 N–H and O–H groups in total. The average Bonchev–Trinajstić information content (AvgIpc) is 2.54. The van der Waals surface area contributed by atoms with Crippen LogP contribution in [0.1, 0.15) is 5.56 Å². The average molecular weight is 314 g/mol. The second-order valence-corrected chi connectivity index (χ2v) is 6.32. The highest BCUT2D eigenvalue weighted by molar-refractivity contribution is 7.54. The molecule has 0 bridgehead atoms. The minimum absolute atomic E-state index is 0.0402. The van der Waals surface area contributed by atoms with Gasteiger partial charge in [0.1, 0.15) is 5.75 Å². The molecule has 0 fully saturated rings. The molecule has 0 aromatic heterocycles. The molecule has 0 aliphatic carbocycles. The molecule has 0 aliphatic heterocycles. The van der Waals surface area contributed by atoms with Crippen LogP contribution in [0, 0.1) is 0 Å². The summed E-state index contributed by atoms with van der Waals surface area (Å²) < 4.78 is 31.8. The molecular weight excluding hydrogens is 295 g/mol. The van der Waals surface area contributed by atoms with Crippen molar-refractivity contribution in [2.75, 3.05) is 34.6 Å². The molecule has 0 radical (unpaired) electrons. The number of rotatable bonds is 7. The topological polar surface area (TPSA) is 71.1 Å². The van der Waals surface area contributed by atoms with Gasteiger partial charge in [-0.15, -0.1) is 0 Å². The Bertz CT molecular complexity index is 541. The second-order valence-electron chi connectivity index (χ2n) is 4.06. The smallest absolute Gasteiger partial charge is 0.334 e. The van der Waals surface area contributed by atoms with Crippen LogP contribution >= 0.6 is 7.60 Å². The lowest BCUT2D eigenvalue weighted by Crippen LogP contribution is -2.03. The number of methoxy groups -OCH3 is 2. The SMILES string of the molecule is COC(=O)/C=C(\CP(=O)(OC)OC)c1ccc(OC)cc1. The molecule has 0 saturated heterocycles. The van der Waals surface area contributed by atoms with Crippen LogP contribution in [0.15, 0.2) is 30.3 Å². The highest BCUT2D eigenvalue weighted by atomic mass is 31.2. The van der Waals surface area contributed by atoms with E-state index in [0.717, 1.165) is 0 Å². The Morgan fingerprint density at radius 3 is 2.10 bits per heavy atom. The van der Waals surface area contributed by atoms with Crippen molar-refractivity contribution in [3.63, 3.8) is 0 Å². The summed E-state index contributed by atoms with van der Waals surface area (Å²) in [5.74, 6) is 0.136. The molecule has 0 atom stereocenters. The van der Waals surface area contributed by atoms with Crippen LogP contribution in [0.4, 0.5) is 0 Å². The van der Waals surface area contributed by atoms with Crippen molar-refractivity contribution >= 4 is 19.1 Å². The van der Waals surface area contributed by atoms with Gasteiger partial charge in [0.15, 0.2) is 0 Å². The van der Waals surface area contributed by atoms with E-state index >= 15 is 0 Å². The van der Waals surface area contributed by atoms with Crippen molar-refractivity contribution in [2.45, 2.75) is 0 Å². The van der Waals surface area contributed by atoms with E-state index in [1.54, 1.807) is 31.4 Å². The van der Waals surface area contributed by atoms with Crippen LogP contribution in [0.2, 0.25) is 0 Å². The van der Waals surface area contributed by atoms with Crippen molar-refractivity contribution in [3.05, 3.63) is 35.9 Å². The van der Waals surface area contributed by atoms with Crippen molar-refractivity contribution in [1.29, 1.82) is 0 Å². The van der Waals surface area contributed by atoms with E-state index in [1.807, 2.05) is 0 Å². The summed E-state index contributed by atoms with van der Waals surface area (Å²) >= 11 is 0. The van der Waals surface area contributed by atoms with Crippen molar-refractivity contribution in [3.8, 4) is 5.75 Å². The normalized spacial score (nSPS) is 12.1. The zero-order chi connectivity index (χ0) is 15.9. The Balaban J connectivity index is 3.16. The third kappa shape index (κ3) is 5.01. The minimum atomic E-state index is -3.30. The van der Waals surface area contributed by atoms with Crippen LogP contribution in [0.5, 0.6) is 5.75 Å². The van der Waals surface area contributed by atoms with Gasteiger partial charge in [-0.1, -0.05) is 12.1 Å². The molecule has 0 aliphatic rings. The third-order valence-corrected chi connectivity index (χ3v) is 4.72. The number of allylic oxidation sites excluding steroid dienone is 1. The van der Waals surface area contributed by atoms with Gasteiger partial charge in [-0.05, 0) is 23.3 Å². The summed E-state index contributed by atoms with van der Waals surface area (Å²) in [6.45, 7) is 0. The summed E-state index contributed by atoms with van der Waals surface area (Å²) in [4.78, 5) is 11.5. The number of hydrogen-bond donors (Lipinski definition) is 0. The number of ether oxygens (including phenoxy) is 2. The molecule has 21 heavy (non-hydrogen) atoms. The molecule has 0 heterocycles. The Kier molecular flexibility index (Phi) is 6.62. The van der Waals surface area contributed by atoms with Crippen LogP contribution in [-0.4, -0.2) is 40.6 Å². The number of esters is 1. The maximum atomic E-state index is 12.3. The summed E-state index contributed by atoms with van der Waals surface area (Å²) in [5, 5.41) is 0. The first kappa shape index (κ1) is 17.4. The predicted molar refractivity (Wildman–Crippen MR) is 79.5 cm³/mol. The lowest BCUT2D eigenvalue weighted by atomic mass is 10.1. The molecule has 0 unspecified atom stereocenters. The Labute approximate surface area is 124 Å². The summed E-state index contributed by atoms with van der Waals surface area (Å²) in [6, 6.07) is 6.99. The lowest BCUT2D eigenvalue weighted by Gasteiger charge is -2.16. The van der Waals surface area contributed by atoms with Crippen LogP contribution < -0.4 is 4.74 Å². The van der Waals surface area contributed by atoms with E-state index in [0.29, 0.717) is 16.9 Å². The standard InChI is InChI=1S/C14H19O6P/c1-17-13-7-5-11(6-8-13)12(9-14(15)18-2)10-21(16,19-3)20-4/h5-9H,10H2,1-4H3/b12-9+. The van der Waals surface area contributed by atoms with E-state index < -0.39 is 13.6 Å². The first-order chi connectivity index (χ1) is 9.97. The maximum absolute atomic E-state index is 12.3. The number of carbonyl (C=O) groups is 1. The van der Waals surface area contributed by atoms with Gasteiger partial charge in [-0.3, -0.25) is 4.57 Å². The highest BCUT2D eigenvalue weighted by Gasteiger charge is 2.24. The Morgan fingerprint density at radius 1 is 1.10 bits per heavy atom. The van der Waals surface area contributed by atoms with Gasteiger partial charge in [0.2, 0.25) is 0 Å². The number of benzene rings is 1. The Morgan fingerprint density at radius 2 is 1.67 bits per heavy atom. The number of carbonyl (C=O) groups excluding carboxylic acids is 1. The molecule has 0 saturated carbocycles. The molecule has 7 heteroatoms. The van der Waals surface area contributed by atoms with Gasteiger partial charge in [-0.25, -0.2) is 4.79 Å². The fourth-order valence-electron chi connectivity index (χ4n) is 1.64. The van der Waals surface area contributed by atoms with E-state index in [1.165, 1.54) is 27.4 Å². The fraction of sp³-hybridized carbons (Fsp3) is 0.357. The third-order valence-electron chi connectivity index (χ3n) is 2.87. The zero-order valence-electron chi connectivity index (χ0n) is 12.5. The van der Waals surface area contributed by atoms with Gasteiger partial charge in [0.05, 0.1) is 20.4 Å². The summed E-state index contributed by atoms with van der Waals surface area (Å²) in [5.41, 5.74) is 1.20. The first-order valence-electron chi connectivity index (χ1n) is 6.11. The largest absolute Gasteiger partial charge is 0.497 e. The first-order valence-corrected chi connectivity index (χ1v) is 7.84. The van der Waals surface area contributed by atoms with Crippen LogP contribution in [0.25, 0.3) is 5.57 Å². The van der Waals surface area contributed by atoms with E-state index in [9.17, 15) is 9.36 Å². The summed E-state index contributed by atoms with van der Waals surface area (Å²) in [6.07, 6.45) is 1.23. The highest BCUT2D eigenvalue weighted by Crippen LogP contribution is 2.49. The zero-order valence-corrected chi connectivity index (χ0v) is 13.4. The van der Waals surface area contributed by atoms with Crippen molar-refractivity contribution < 1.29 is 27.9 Å². The molecule has 1 aromatic carbocycles. The van der Waals surface area contributed by atoms with Crippen molar-refractivity contribution in [1.82, 2.24) is 0 Å². The quantitative estimate of drug-likeness (QED) is 0.438. The second kappa shape index (κ2) is 7.98. The van der Waals surface area contributed by atoms with Gasteiger partial charge < -0.3 is 18.5 Å². The van der Waals surface area contributed by atoms with Gasteiger partial charge in [-0.2, -0.15) is 0 Å². The molecule has 6 nitrogen and oxygen atoms in total. The predicted octanol–water partition coefficient (Wildman–Crippen LogP) is 2.74. The fourth-order valence-corrected chi connectivity index (χ4v) is 2.74. The van der Waals surface area contributed by atoms with Crippen LogP contribution in [-0.2, 0) is 23.1 Å². The van der Waals surface area contributed by atoms with E-state index in [4.69, 9.17) is 13.8 Å². The molecule has 116 valence electrons. The van der Waals surface area contributed by atoms with E-state index in [-0.39, 0.29) is 6.16 Å². The molecule has 0 amide bonds. The summed E-state index contributed by atoms with van der Waals surface area (Å²) in [7, 11) is 2.14. The number of hydrogen-bond acceptors (Lipinski definition) is 6. The molecule has 0 spiro atoms.